The lowest BCUT2D eigenvalue weighted by molar-refractivity contribution is -0.432. The zero-order chi connectivity index (χ0) is 15.6. The maximum Gasteiger partial charge on any atom is 0.320 e. The zero-order valence-corrected chi connectivity index (χ0v) is 11.8. The molecule has 1 heterocycles. The third kappa shape index (κ3) is 2.73. The Morgan fingerprint density at radius 3 is 2.48 bits per heavy atom. The third-order valence-electron chi connectivity index (χ3n) is 3.17. The Kier molecular flexibility index (Phi) is 3.97. The van der Waals surface area contributed by atoms with Crippen molar-refractivity contribution in [1.82, 2.24) is 10.6 Å². The Hall–Kier alpha value is -2.77. The quantitative estimate of drug-likeness (QED) is 0.648. The second-order valence-electron chi connectivity index (χ2n) is 4.41. The van der Waals surface area contributed by atoms with Gasteiger partial charge in [-0.1, -0.05) is 6.07 Å². The number of nitrogens with one attached hydrogen (secondary N) is 2. The summed E-state index contributed by atoms with van der Waals surface area (Å²) in [5.74, 6) is 0.938. The molecule has 8 nitrogen and oxygen atoms in total. The van der Waals surface area contributed by atoms with Crippen molar-refractivity contribution in [2.24, 2.45) is 0 Å². The summed E-state index contributed by atoms with van der Waals surface area (Å²) in [6, 6.07) is 3.54. The van der Waals surface area contributed by atoms with E-state index < -0.39 is 17.0 Å². The second kappa shape index (κ2) is 5.70. The first-order chi connectivity index (χ1) is 9.97. The molecule has 112 valence electrons. The van der Waals surface area contributed by atoms with E-state index in [-0.39, 0.29) is 11.4 Å². The Labute approximate surface area is 120 Å². The maximum absolute atomic E-state index is 11.6. The van der Waals surface area contributed by atoms with Crippen LogP contribution in [-0.4, -0.2) is 25.2 Å². The zero-order valence-electron chi connectivity index (χ0n) is 11.8. The molecule has 0 aromatic heterocycles. The van der Waals surface area contributed by atoms with Crippen LogP contribution in [0, 0.1) is 10.1 Å². The summed E-state index contributed by atoms with van der Waals surface area (Å²) in [4.78, 5) is 22.3. The number of carbonyl (C=O) groups excluding carboxylic acids is 1. The van der Waals surface area contributed by atoms with Crippen LogP contribution in [0.5, 0.6) is 11.5 Å². The van der Waals surface area contributed by atoms with Crippen LogP contribution in [0.2, 0.25) is 0 Å². The predicted octanol–water partition coefficient (Wildman–Crippen LogP) is 1.57. The van der Waals surface area contributed by atoms with Gasteiger partial charge in [-0.05, 0) is 24.6 Å². The third-order valence-corrected chi connectivity index (χ3v) is 3.17. The summed E-state index contributed by atoms with van der Waals surface area (Å²) in [6.07, 6.45) is 0. The van der Waals surface area contributed by atoms with Crippen molar-refractivity contribution in [3.8, 4) is 11.5 Å². The number of ether oxygens (including phenoxy) is 2. The van der Waals surface area contributed by atoms with Crippen LogP contribution in [0.1, 0.15) is 18.5 Å². The van der Waals surface area contributed by atoms with Gasteiger partial charge in [-0.2, -0.15) is 0 Å². The normalized spacial score (nSPS) is 17.9. The molecule has 1 atom stereocenters. The minimum absolute atomic E-state index is 0.109. The summed E-state index contributed by atoms with van der Waals surface area (Å²) in [5, 5.41) is 16.2. The van der Waals surface area contributed by atoms with Gasteiger partial charge < -0.3 is 20.1 Å². The molecule has 21 heavy (non-hydrogen) atoms. The molecule has 0 spiro atoms. The molecular weight excluding hydrogens is 278 g/mol. The number of amides is 2. The average Bonchev–Trinajstić information content (AvgIpc) is 2.45. The van der Waals surface area contributed by atoms with Crippen LogP contribution in [0.15, 0.2) is 29.6 Å². The number of methoxy groups -OCH3 is 2. The lowest BCUT2D eigenvalue weighted by atomic mass is 10.0. The number of carbonyl (C=O) groups is 1. The number of allylic oxidation sites excluding steroid dienone is 1. The van der Waals surface area contributed by atoms with Crippen molar-refractivity contribution in [1.29, 1.82) is 0 Å². The number of hydrogen-bond donors (Lipinski definition) is 2. The first-order valence-electron chi connectivity index (χ1n) is 6.12. The Bertz CT molecular complexity index is 626. The van der Waals surface area contributed by atoms with E-state index in [1.165, 1.54) is 21.1 Å². The maximum atomic E-state index is 11.6. The van der Waals surface area contributed by atoms with Gasteiger partial charge in [0.25, 0.3) is 5.70 Å². The molecule has 2 rings (SSSR count). The molecule has 0 saturated carbocycles. The second-order valence-corrected chi connectivity index (χ2v) is 4.41. The fourth-order valence-corrected chi connectivity index (χ4v) is 2.20. The van der Waals surface area contributed by atoms with Gasteiger partial charge in [0.05, 0.1) is 24.8 Å². The molecule has 1 aromatic carbocycles. The van der Waals surface area contributed by atoms with Crippen LogP contribution in [0.25, 0.3) is 0 Å². The van der Waals surface area contributed by atoms with Crippen LogP contribution < -0.4 is 20.1 Å². The number of urea groups is 1. The van der Waals surface area contributed by atoms with E-state index in [0.717, 1.165) is 0 Å². The molecule has 8 heteroatoms. The number of rotatable bonds is 4. The minimum atomic E-state index is -0.853. The van der Waals surface area contributed by atoms with Gasteiger partial charge in [-0.15, -0.1) is 0 Å². The highest BCUT2D eigenvalue weighted by Gasteiger charge is 2.35. The molecule has 0 unspecified atom stereocenters. The number of nitrogens with zero attached hydrogens (tertiary/aromatic N) is 1. The van der Waals surface area contributed by atoms with Crippen molar-refractivity contribution in [2.45, 2.75) is 13.0 Å². The van der Waals surface area contributed by atoms with Crippen LogP contribution >= 0.6 is 0 Å². The van der Waals surface area contributed by atoms with E-state index in [4.69, 9.17) is 9.47 Å². The summed E-state index contributed by atoms with van der Waals surface area (Å²) >= 11 is 0. The molecule has 0 fully saturated rings. The predicted molar refractivity (Wildman–Crippen MR) is 73.6 cm³/mol. The Balaban J connectivity index is 2.50. The van der Waals surface area contributed by atoms with E-state index in [2.05, 4.69) is 10.6 Å². The molecule has 1 aliphatic heterocycles. The van der Waals surface area contributed by atoms with Crippen LogP contribution in [0.3, 0.4) is 0 Å². The van der Waals surface area contributed by atoms with E-state index in [1.54, 1.807) is 18.2 Å². The van der Waals surface area contributed by atoms with Crippen molar-refractivity contribution in [2.75, 3.05) is 14.2 Å². The monoisotopic (exact) mass is 293 g/mol. The van der Waals surface area contributed by atoms with Gasteiger partial charge in [0.1, 0.15) is 6.04 Å². The van der Waals surface area contributed by atoms with Gasteiger partial charge in [0.2, 0.25) is 0 Å². The highest BCUT2D eigenvalue weighted by Crippen LogP contribution is 2.33. The van der Waals surface area contributed by atoms with Gasteiger partial charge in [0.15, 0.2) is 11.5 Å². The van der Waals surface area contributed by atoms with Gasteiger partial charge in [-0.25, -0.2) is 4.79 Å². The topological polar surface area (TPSA) is 103 Å². The Morgan fingerprint density at radius 1 is 1.24 bits per heavy atom. The molecule has 0 bridgehead atoms. The van der Waals surface area contributed by atoms with Crippen LogP contribution in [-0.2, 0) is 0 Å². The molecular formula is C13H15N3O5. The smallest absolute Gasteiger partial charge is 0.320 e. The van der Waals surface area contributed by atoms with Gasteiger partial charge >= 0.3 is 6.03 Å². The molecule has 2 N–H and O–H groups in total. The number of benzene rings is 1. The first-order valence-corrected chi connectivity index (χ1v) is 6.12. The molecule has 2 amide bonds. The molecule has 0 radical (unpaired) electrons. The minimum Gasteiger partial charge on any atom is -0.493 e. The highest BCUT2D eigenvalue weighted by molar-refractivity contribution is 5.78. The van der Waals surface area contributed by atoms with Crippen molar-refractivity contribution in [3.63, 3.8) is 0 Å². The highest BCUT2D eigenvalue weighted by atomic mass is 16.6. The van der Waals surface area contributed by atoms with Crippen molar-refractivity contribution < 1.29 is 19.2 Å². The SMILES string of the molecule is COc1ccc([C@@H]2NC(=O)NC(C)=C2[N+](=O)[O-])cc1OC. The fraction of sp³-hybridized carbons (Fsp3) is 0.308. The molecule has 1 aliphatic rings. The average molecular weight is 293 g/mol. The first kappa shape index (κ1) is 14.6. The molecule has 0 saturated heterocycles. The lowest BCUT2D eigenvalue weighted by Gasteiger charge is -2.24. The Morgan fingerprint density at radius 2 is 1.90 bits per heavy atom. The van der Waals surface area contributed by atoms with Crippen molar-refractivity contribution >= 4 is 6.03 Å². The fourth-order valence-electron chi connectivity index (χ4n) is 2.20. The summed E-state index contributed by atoms with van der Waals surface area (Å²) in [5.41, 5.74) is 0.638. The van der Waals surface area contributed by atoms with Crippen molar-refractivity contribution in [3.05, 3.63) is 45.3 Å². The summed E-state index contributed by atoms with van der Waals surface area (Å²) in [7, 11) is 2.97. The number of nitro groups is 1. The summed E-state index contributed by atoms with van der Waals surface area (Å²) in [6.45, 7) is 1.49. The summed E-state index contributed by atoms with van der Waals surface area (Å²) < 4.78 is 10.3. The molecule has 0 aliphatic carbocycles. The van der Waals surface area contributed by atoms with Gasteiger partial charge in [-0.3, -0.25) is 10.1 Å². The lowest BCUT2D eigenvalue weighted by Crippen LogP contribution is -2.45. The van der Waals surface area contributed by atoms with E-state index >= 15 is 0 Å². The molecule has 1 aromatic rings. The van der Waals surface area contributed by atoms with Crippen LogP contribution in [0.4, 0.5) is 4.79 Å². The number of hydrogen-bond acceptors (Lipinski definition) is 5. The standard InChI is InChI=1S/C13H15N3O5/c1-7-12(16(18)19)11(15-13(17)14-7)8-4-5-9(20-2)10(6-8)21-3/h4-6,11H,1-3H3,(H2,14,15,17)/t11-/m0/s1. The van der Waals surface area contributed by atoms with Gasteiger partial charge in [0, 0.05) is 0 Å². The van der Waals surface area contributed by atoms with E-state index in [9.17, 15) is 14.9 Å². The van der Waals surface area contributed by atoms with E-state index in [0.29, 0.717) is 17.1 Å². The van der Waals surface area contributed by atoms with E-state index in [1.807, 2.05) is 0 Å². The largest absolute Gasteiger partial charge is 0.493 e.